The minimum Gasteiger partial charge on any atom is -0.290 e. The first-order chi connectivity index (χ1) is 8.75. The van der Waals surface area contributed by atoms with Gasteiger partial charge in [0.25, 0.3) is 0 Å². The molecule has 0 amide bonds. The lowest BCUT2D eigenvalue weighted by Gasteiger charge is -2.09. The number of hydrogen-bond donors (Lipinski definition) is 0. The lowest BCUT2D eigenvalue weighted by molar-refractivity contribution is -0.113. The highest BCUT2D eigenvalue weighted by molar-refractivity contribution is 6.35. The SMILES string of the molecule is O=C1C=CC(=O)C(c2nccc3ccccc23)=C1. The number of ketones is 2. The maximum atomic E-state index is 11.8. The van der Waals surface area contributed by atoms with Gasteiger partial charge in [-0.05, 0) is 29.7 Å². The molecule has 1 aliphatic carbocycles. The third-order valence-corrected chi connectivity index (χ3v) is 2.88. The van der Waals surface area contributed by atoms with Gasteiger partial charge in [-0.3, -0.25) is 14.6 Å². The Balaban J connectivity index is 2.27. The fraction of sp³-hybridized carbons (Fsp3) is 0. The zero-order valence-corrected chi connectivity index (χ0v) is 9.46. The fourth-order valence-electron chi connectivity index (χ4n) is 2.03. The lowest BCUT2D eigenvalue weighted by Crippen LogP contribution is -2.08. The van der Waals surface area contributed by atoms with Crippen LogP contribution < -0.4 is 0 Å². The second-order valence-corrected chi connectivity index (χ2v) is 4.04. The van der Waals surface area contributed by atoms with Crippen LogP contribution in [-0.4, -0.2) is 16.6 Å². The molecular formula is C15H9NO2. The van der Waals surface area contributed by atoms with E-state index in [2.05, 4.69) is 4.98 Å². The number of hydrogen-bond acceptors (Lipinski definition) is 3. The summed E-state index contributed by atoms with van der Waals surface area (Å²) in [6, 6.07) is 9.54. The maximum Gasteiger partial charge on any atom is 0.188 e. The van der Waals surface area contributed by atoms with Crippen molar-refractivity contribution >= 4 is 27.9 Å². The van der Waals surface area contributed by atoms with Crippen molar-refractivity contribution in [2.45, 2.75) is 0 Å². The predicted molar refractivity (Wildman–Crippen MR) is 68.9 cm³/mol. The maximum absolute atomic E-state index is 11.8. The van der Waals surface area contributed by atoms with Crippen LogP contribution in [0.5, 0.6) is 0 Å². The summed E-state index contributed by atoms with van der Waals surface area (Å²) >= 11 is 0. The molecule has 0 aliphatic heterocycles. The van der Waals surface area contributed by atoms with Gasteiger partial charge in [-0.2, -0.15) is 0 Å². The van der Waals surface area contributed by atoms with Gasteiger partial charge >= 0.3 is 0 Å². The van der Waals surface area contributed by atoms with Gasteiger partial charge in [0.1, 0.15) is 0 Å². The Bertz CT molecular complexity index is 721. The molecule has 0 saturated heterocycles. The van der Waals surface area contributed by atoms with E-state index in [1.165, 1.54) is 18.2 Å². The molecular weight excluding hydrogens is 226 g/mol. The summed E-state index contributed by atoms with van der Waals surface area (Å²) in [7, 11) is 0. The van der Waals surface area contributed by atoms with Gasteiger partial charge < -0.3 is 0 Å². The Hall–Kier alpha value is -2.55. The average molecular weight is 235 g/mol. The molecule has 86 valence electrons. The quantitative estimate of drug-likeness (QED) is 0.713. The molecule has 3 heteroatoms. The third-order valence-electron chi connectivity index (χ3n) is 2.88. The van der Waals surface area contributed by atoms with Crippen LogP contribution in [0.1, 0.15) is 5.69 Å². The molecule has 0 unspecified atom stereocenters. The molecule has 1 heterocycles. The van der Waals surface area contributed by atoms with Gasteiger partial charge in [0, 0.05) is 11.6 Å². The van der Waals surface area contributed by atoms with Gasteiger partial charge in [-0.1, -0.05) is 24.3 Å². The average Bonchev–Trinajstić information content (AvgIpc) is 2.41. The number of aromatic nitrogens is 1. The summed E-state index contributed by atoms with van der Waals surface area (Å²) in [5, 5.41) is 1.88. The molecule has 3 rings (SSSR count). The lowest BCUT2D eigenvalue weighted by atomic mass is 9.96. The minimum atomic E-state index is -0.182. The van der Waals surface area contributed by atoms with E-state index >= 15 is 0 Å². The summed E-state index contributed by atoms with van der Waals surface area (Å²) in [5.74, 6) is -0.363. The second-order valence-electron chi connectivity index (χ2n) is 4.04. The molecule has 1 aromatic heterocycles. The van der Waals surface area contributed by atoms with E-state index in [-0.39, 0.29) is 11.6 Å². The zero-order chi connectivity index (χ0) is 12.5. The molecule has 0 N–H and O–H groups in total. The molecule has 3 nitrogen and oxygen atoms in total. The van der Waals surface area contributed by atoms with Gasteiger partial charge in [-0.15, -0.1) is 0 Å². The van der Waals surface area contributed by atoms with Crippen LogP contribution in [0.4, 0.5) is 0 Å². The second kappa shape index (κ2) is 4.04. The van der Waals surface area contributed by atoms with Gasteiger partial charge in [-0.25, -0.2) is 0 Å². The first-order valence-electron chi connectivity index (χ1n) is 5.58. The van der Waals surface area contributed by atoms with Crippen LogP contribution in [0.15, 0.2) is 54.8 Å². The number of carbonyl (C=O) groups is 2. The van der Waals surface area contributed by atoms with Gasteiger partial charge in [0.15, 0.2) is 11.6 Å². The van der Waals surface area contributed by atoms with E-state index in [1.807, 2.05) is 30.3 Å². The molecule has 0 bridgehead atoms. The van der Waals surface area contributed by atoms with E-state index in [1.54, 1.807) is 6.20 Å². The van der Waals surface area contributed by atoms with E-state index in [4.69, 9.17) is 0 Å². The van der Waals surface area contributed by atoms with Crippen LogP contribution >= 0.6 is 0 Å². The molecule has 2 aromatic rings. The molecule has 0 saturated carbocycles. The van der Waals surface area contributed by atoms with Crippen molar-refractivity contribution in [2.75, 3.05) is 0 Å². The number of pyridine rings is 1. The van der Waals surface area contributed by atoms with Crippen molar-refractivity contribution in [3.63, 3.8) is 0 Å². The number of carbonyl (C=O) groups excluding carboxylic acids is 2. The first kappa shape index (κ1) is 10.6. The standard InChI is InChI=1S/C15H9NO2/c17-11-5-6-14(18)13(9-11)15-12-4-2-1-3-10(12)7-8-16-15/h1-9H. The van der Waals surface area contributed by atoms with Crippen LogP contribution in [-0.2, 0) is 9.59 Å². The summed E-state index contributed by atoms with van der Waals surface area (Å²) in [4.78, 5) is 27.5. The van der Waals surface area contributed by atoms with E-state index in [0.29, 0.717) is 11.3 Å². The Kier molecular flexibility index (Phi) is 2.38. The predicted octanol–water partition coefficient (Wildman–Crippen LogP) is 2.33. The molecule has 0 radical (unpaired) electrons. The normalized spacial score (nSPS) is 15.0. The smallest absolute Gasteiger partial charge is 0.188 e. The van der Waals surface area contributed by atoms with Crippen molar-refractivity contribution in [3.05, 3.63) is 60.5 Å². The van der Waals surface area contributed by atoms with Gasteiger partial charge in [0.05, 0.1) is 11.3 Å². The molecule has 0 atom stereocenters. The monoisotopic (exact) mass is 235 g/mol. The highest BCUT2D eigenvalue weighted by atomic mass is 16.1. The molecule has 1 aliphatic rings. The van der Waals surface area contributed by atoms with Crippen molar-refractivity contribution in [2.24, 2.45) is 0 Å². The summed E-state index contributed by atoms with van der Waals surface area (Å²) in [6.07, 6.45) is 5.56. The summed E-state index contributed by atoms with van der Waals surface area (Å²) in [5.41, 5.74) is 0.926. The van der Waals surface area contributed by atoms with Crippen LogP contribution in [0, 0.1) is 0 Å². The minimum absolute atomic E-state index is 0.181. The van der Waals surface area contributed by atoms with E-state index in [9.17, 15) is 9.59 Å². The third kappa shape index (κ3) is 1.66. The Morgan fingerprint density at radius 3 is 2.67 bits per heavy atom. The van der Waals surface area contributed by atoms with Crippen molar-refractivity contribution in [1.29, 1.82) is 0 Å². The van der Waals surface area contributed by atoms with Crippen LogP contribution in [0.3, 0.4) is 0 Å². The van der Waals surface area contributed by atoms with E-state index in [0.717, 1.165) is 10.8 Å². The first-order valence-corrected chi connectivity index (χ1v) is 5.58. The summed E-state index contributed by atoms with van der Waals surface area (Å²) < 4.78 is 0. The number of rotatable bonds is 1. The zero-order valence-electron chi connectivity index (χ0n) is 9.46. The molecule has 18 heavy (non-hydrogen) atoms. The Morgan fingerprint density at radius 2 is 1.78 bits per heavy atom. The number of benzene rings is 1. The van der Waals surface area contributed by atoms with Gasteiger partial charge in [0.2, 0.25) is 0 Å². The molecule has 1 aromatic carbocycles. The Morgan fingerprint density at radius 1 is 0.944 bits per heavy atom. The number of fused-ring (bicyclic) bond motifs is 1. The summed E-state index contributed by atoms with van der Waals surface area (Å²) in [6.45, 7) is 0. The molecule has 0 spiro atoms. The number of allylic oxidation sites excluding steroid dienone is 4. The Labute approximate surface area is 103 Å². The number of nitrogens with zero attached hydrogens (tertiary/aromatic N) is 1. The van der Waals surface area contributed by atoms with Crippen LogP contribution in [0.25, 0.3) is 16.3 Å². The molecule has 0 fully saturated rings. The highest BCUT2D eigenvalue weighted by Crippen LogP contribution is 2.25. The fourth-order valence-corrected chi connectivity index (χ4v) is 2.03. The van der Waals surface area contributed by atoms with E-state index < -0.39 is 0 Å². The van der Waals surface area contributed by atoms with Crippen LogP contribution in [0.2, 0.25) is 0 Å². The van der Waals surface area contributed by atoms with Crippen molar-refractivity contribution in [1.82, 2.24) is 4.98 Å². The van der Waals surface area contributed by atoms with Crippen molar-refractivity contribution in [3.8, 4) is 0 Å². The van der Waals surface area contributed by atoms with Crippen molar-refractivity contribution < 1.29 is 9.59 Å². The largest absolute Gasteiger partial charge is 0.290 e. The topological polar surface area (TPSA) is 47.0 Å². The highest BCUT2D eigenvalue weighted by Gasteiger charge is 2.18.